The molecule has 3 aromatic carbocycles. The minimum atomic E-state index is -0.432. The molecule has 0 aliphatic heterocycles. The Morgan fingerprint density at radius 3 is 2.59 bits per heavy atom. The molecule has 29 heavy (non-hydrogen) atoms. The van der Waals surface area contributed by atoms with Gasteiger partial charge in [0.2, 0.25) is 0 Å². The average Bonchev–Trinajstić information content (AvgIpc) is 3.26. The fourth-order valence-corrected chi connectivity index (χ4v) is 2.91. The van der Waals surface area contributed by atoms with E-state index in [1.54, 1.807) is 23.1 Å². The van der Waals surface area contributed by atoms with Crippen LogP contribution in [0.25, 0.3) is 10.8 Å². The summed E-state index contributed by atoms with van der Waals surface area (Å²) in [4.78, 5) is 19.8. The minimum Gasteiger partial charge on any atom is -0.391 e. The van der Waals surface area contributed by atoms with Gasteiger partial charge in [0.25, 0.3) is 5.69 Å². The predicted molar refractivity (Wildman–Crippen MR) is 108 cm³/mol. The van der Waals surface area contributed by atoms with Crippen LogP contribution in [0, 0.1) is 10.1 Å². The van der Waals surface area contributed by atoms with Crippen LogP contribution < -0.4 is 0 Å². The second kappa shape index (κ2) is 8.30. The molecule has 0 aliphatic rings. The predicted octanol–water partition coefficient (Wildman–Crippen LogP) is 3.96. The van der Waals surface area contributed by atoms with Crippen molar-refractivity contribution in [3.8, 4) is 0 Å². The van der Waals surface area contributed by atoms with E-state index in [1.165, 1.54) is 18.5 Å². The number of benzene rings is 3. The summed E-state index contributed by atoms with van der Waals surface area (Å²) in [5, 5.41) is 21.5. The van der Waals surface area contributed by atoms with E-state index in [4.69, 9.17) is 4.84 Å². The monoisotopic (exact) mass is 387 g/mol. The van der Waals surface area contributed by atoms with Crippen LogP contribution in [0.2, 0.25) is 0 Å². The summed E-state index contributed by atoms with van der Waals surface area (Å²) < 4.78 is 1.67. The second-order valence-electron chi connectivity index (χ2n) is 6.39. The molecule has 0 spiro atoms. The van der Waals surface area contributed by atoms with Crippen LogP contribution in [-0.2, 0) is 18.0 Å². The SMILES string of the molecule is O=[N+]([O-])c1ccc(CO/N=C(\Cn2cncn2)c2ccc3ccccc3c2)cc1. The number of rotatable bonds is 7. The van der Waals surface area contributed by atoms with Gasteiger partial charge in [-0.05, 0) is 34.5 Å². The molecule has 144 valence electrons. The van der Waals surface area contributed by atoms with Gasteiger partial charge >= 0.3 is 0 Å². The maximum Gasteiger partial charge on any atom is 0.269 e. The van der Waals surface area contributed by atoms with Gasteiger partial charge in [0.1, 0.15) is 25.0 Å². The van der Waals surface area contributed by atoms with E-state index in [-0.39, 0.29) is 12.3 Å². The summed E-state index contributed by atoms with van der Waals surface area (Å²) in [6.07, 6.45) is 3.09. The molecule has 4 aromatic rings. The Morgan fingerprint density at radius 1 is 1.07 bits per heavy atom. The van der Waals surface area contributed by atoms with Gasteiger partial charge in [-0.1, -0.05) is 41.6 Å². The standard InChI is InChI=1S/C21H17N5O3/c27-26(28)20-9-5-16(6-10-20)13-29-24-21(12-25-15-22-14-23-25)19-8-7-17-3-1-2-4-18(17)11-19/h1-11,14-15H,12-13H2/b24-21+. The summed E-state index contributed by atoms with van der Waals surface area (Å²) in [7, 11) is 0. The second-order valence-corrected chi connectivity index (χ2v) is 6.39. The number of hydrogen-bond acceptors (Lipinski definition) is 6. The van der Waals surface area contributed by atoms with Crippen molar-refractivity contribution in [3.63, 3.8) is 0 Å². The van der Waals surface area contributed by atoms with Gasteiger partial charge < -0.3 is 4.84 Å². The Hall–Kier alpha value is -4.07. The van der Waals surface area contributed by atoms with Gasteiger partial charge in [-0.15, -0.1) is 0 Å². The summed E-state index contributed by atoms with van der Waals surface area (Å²) >= 11 is 0. The third-order valence-electron chi connectivity index (χ3n) is 4.41. The van der Waals surface area contributed by atoms with Crippen LogP contribution in [0.15, 0.2) is 84.5 Å². The highest BCUT2D eigenvalue weighted by Crippen LogP contribution is 2.17. The lowest BCUT2D eigenvalue weighted by molar-refractivity contribution is -0.384. The van der Waals surface area contributed by atoms with Crippen molar-refractivity contribution in [1.29, 1.82) is 0 Å². The average molecular weight is 387 g/mol. The van der Waals surface area contributed by atoms with Crippen LogP contribution in [0.5, 0.6) is 0 Å². The van der Waals surface area contributed by atoms with E-state index in [0.717, 1.165) is 21.9 Å². The van der Waals surface area contributed by atoms with E-state index in [0.29, 0.717) is 12.3 Å². The zero-order valence-electron chi connectivity index (χ0n) is 15.4. The summed E-state index contributed by atoms with van der Waals surface area (Å²) in [6.45, 7) is 0.602. The molecular weight excluding hydrogens is 370 g/mol. The van der Waals surface area contributed by atoms with Crippen LogP contribution in [-0.4, -0.2) is 25.4 Å². The van der Waals surface area contributed by atoms with Crippen LogP contribution in [0.3, 0.4) is 0 Å². The lowest BCUT2D eigenvalue weighted by Crippen LogP contribution is -2.13. The fraction of sp³-hybridized carbons (Fsp3) is 0.0952. The lowest BCUT2D eigenvalue weighted by atomic mass is 10.0. The zero-order valence-corrected chi connectivity index (χ0v) is 15.4. The molecule has 0 bridgehead atoms. The summed E-state index contributed by atoms with van der Waals surface area (Å²) in [5.41, 5.74) is 2.45. The third kappa shape index (κ3) is 4.44. The first-order chi connectivity index (χ1) is 14.2. The van der Waals surface area contributed by atoms with Crippen molar-refractivity contribution < 1.29 is 9.76 Å². The fourth-order valence-electron chi connectivity index (χ4n) is 2.91. The Balaban J connectivity index is 1.56. The maximum atomic E-state index is 10.8. The van der Waals surface area contributed by atoms with E-state index in [1.807, 2.05) is 30.3 Å². The van der Waals surface area contributed by atoms with Gasteiger partial charge in [0.15, 0.2) is 0 Å². The van der Waals surface area contributed by atoms with E-state index >= 15 is 0 Å². The van der Waals surface area contributed by atoms with Crippen molar-refractivity contribution >= 4 is 22.2 Å². The van der Waals surface area contributed by atoms with E-state index < -0.39 is 4.92 Å². The van der Waals surface area contributed by atoms with Crippen LogP contribution in [0.4, 0.5) is 5.69 Å². The molecule has 0 atom stereocenters. The highest BCUT2D eigenvalue weighted by atomic mass is 16.6. The number of nitro groups is 1. The van der Waals surface area contributed by atoms with Crippen molar-refractivity contribution in [1.82, 2.24) is 14.8 Å². The Labute approximate surface area is 166 Å². The van der Waals surface area contributed by atoms with Crippen LogP contribution >= 0.6 is 0 Å². The van der Waals surface area contributed by atoms with Crippen molar-refractivity contribution in [2.75, 3.05) is 0 Å². The Morgan fingerprint density at radius 2 is 1.86 bits per heavy atom. The molecule has 0 saturated carbocycles. The number of hydrogen-bond donors (Lipinski definition) is 0. The van der Waals surface area contributed by atoms with Crippen molar-refractivity contribution in [2.45, 2.75) is 13.2 Å². The van der Waals surface area contributed by atoms with Gasteiger partial charge in [-0.3, -0.25) is 10.1 Å². The molecule has 0 aliphatic carbocycles. The first-order valence-electron chi connectivity index (χ1n) is 8.93. The Kier molecular flexibility index (Phi) is 5.24. The molecule has 0 saturated heterocycles. The van der Waals surface area contributed by atoms with Gasteiger partial charge in [0, 0.05) is 17.7 Å². The molecule has 1 heterocycles. The minimum absolute atomic E-state index is 0.0419. The van der Waals surface area contributed by atoms with Gasteiger partial charge in [0.05, 0.1) is 11.5 Å². The number of aromatic nitrogens is 3. The van der Waals surface area contributed by atoms with E-state index in [2.05, 4.69) is 27.4 Å². The first-order valence-corrected chi connectivity index (χ1v) is 8.93. The number of oxime groups is 1. The van der Waals surface area contributed by atoms with E-state index in [9.17, 15) is 10.1 Å². The van der Waals surface area contributed by atoms with Crippen LogP contribution in [0.1, 0.15) is 11.1 Å². The lowest BCUT2D eigenvalue weighted by Gasteiger charge is -2.09. The van der Waals surface area contributed by atoms with Crippen molar-refractivity contribution in [2.24, 2.45) is 5.16 Å². The molecule has 4 rings (SSSR count). The molecule has 8 nitrogen and oxygen atoms in total. The molecule has 0 N–H and O–H groups in total. The normalized spacial score (nSPS) is 11.5. The van der Waals surface area contributed by atoms with Crippen molar-refractivity contribution in [3.05, 3.63) is 101 Å². The largest absolute Gasteiger partial charge is 0.391 e. The topological polar surface area (TPSA) is 95.4 Å². The molecule has 8 heteroatoms. The molecule has 0 fully saturated rings. The molecule has 0 amide bonds. The quantitative estimate of drug-likeness (QED) is 0.272. The summed E-state index contributed by atoms with van der Waals surface area (Å²) in [6, 6.07) is 20.4. The first kappa shape index (κ1) is 18.3. The number of fused-ring (bicyclic) bond motifs is 1. The number of non-ortho nitro benzene ring substituents is 1. The number of nitro benzene ring substituents is 1. The Bertz CT molecular complexity index is 1150. The molecular formula is C21H17N5O3. The summed E-state index contributed by atoms with van der Waals surface area (Å²) in [5.74, 6) is 0. The van der Waals surface area contributed by atoms with Gasteiger partial charge in [-0.25, -0.2) is 9.67 Å². The smallest absolute Gasteiger partial charge is 0.269 e. The molecule has 0 radical (unpaired) electrons. The maximum absolute atomic E-state index is 10.8. The number of nitrogens with zero attached hydrogens (tertiary/aromatic N) is 5. The molecule has 1 aromatic heterocycles. The molecule has 0 unspecified atom stereocenters. The zero-order chi connectivity index (χ0) is 20.1. The van der Waals surface area contributed by atoms with Gasteiger partial charge in [-0.2, -0.15) is 5.10 Å². The third-order valence-corrected chi connectivity index (χ3v) is 4.41. The highest BCUT2D eigenvalue weighted by Gasteiger charge is 2.09. The highest BCUT2D eigenvalue weighted by molar-refractivity contribution is 6.03.